The third-order valence-corrected chi connectivity index (χ3v) is 5.46. The summed E-state index contributed by atoms with van der Waals surface area (Å²) in [6.07, 6.45) is 21.6. The van der Waals surface area contributed by atoms with Crippen molar-refractivity contribution >= 4 is 10.4 Å². The lowest BCUT2D eigenvalue weighted by Crippen LogP contribution is -2.32. The summed E-state index contributed by atoms with van der Waals surface area (Å²) in [5.41, 5.74) is 1.35. The highest BCUT2D eigenvalue weighted by atomic mass is 32.3. The fourth-order valence-electron chi connectivity index (χ4n) is 3.26. The van der Waals surface area contributed by atoms with Crippen LogP contribution in [0.5, 0.6) is 0 Å². The Bertz CT molecular complexity index is 605. The standard InChI is InChI=1S/C14H24N.C10H22O4S/c1-3-4-5-6-7-8-11-15-12-9-10-14(2)13-15;1-2-3-4-5-6-7-8-9-10-14-15(11,12)13/h9-10,12-13H,3-8,11H2,1-2H3;2-10H2,1H3,(H,11,12,13)/q+1;/p-1. The molecule has 0 saturated carbocycles. The Morgan fingerprint density at radius 3 is 1.83 bits per heavy atom. The number of aromatic nitrogens is 1. The second-order valence-electron chi connectivity index (χ2n) is 8.09. The van der Waals surface area contributed by atoms with Crippen LogP contribution in [0.25, 0.3) is 0 Å². The number of hydrogen-bond acceptors (Lipinski definition) is 4. The van der Waals surface area contributed by atoms with Crippen LogP contribution in [0, 0.1) is 6.92 Å². The van der Waals surface area contributed by atoms with E-state index in [2.05, 4.69) is 54.0 Å². The average Bonchev–Trinajstić information content (AvgIpc) is 2.69. The Labute approximate surface area is 186 Å². The maximum atomic E-state index is 10.1. The molecule has 0 amide bonds. The summed E-state index contributed by atoms with van der Waals surface area (Å²) in [6.45, 7) is 7.80. The van der Waals surface area contributed by atoms with Gasteiger partial charge in [-0.1, -0.05) is 84.5 Å². The Kier molecular flexibility index (Phi) is 19.3. The van der Waals surface area contributed by atoms with Crippen molar-refractivity contribution in [3.05, 3.63) is 30.1 Å². The van der Waals surface area contributed by atoms with Gasteiger partial charge in [-0.25, -0.2) is 13.0 Å². The quantitative estimate of drug-likeness (QED) is 0.123. The number of nitrogens with zero attached hydrogens (tertiary/aromatic N) is 1. The molecule has 5 nitrogen and oxygen atoms in total. The van der Waals surface area contributed by atoms with E-state index < -0.39 is 10.4 Å². The van der Waals surface area contributed by atoms with E-state index >= 15 is 0 Å². The normalized spacial score (nSPS) is 11.2. The molecule has 1 aromatic heterocycles. The first kappa shape index (κ1) is 29.0. The molecule has 0 fully saturated rings. The predicted molar refractivity (Wildman–Crippen MR) is 123 cm³/mol. The molecule has 0 aliphatic rings. The minimum atomic E-state index is -4.48. The SMILES string of the molecule is CCCCCCCCCCOS(=O)(=O)[O-].CCCCCCCC[n+]1cccc(C)c1. The smallest absolute Gasteiger partial charge is 0.217 e. The van der Waals surface area contributed by atoms with Crippen LogP contribution in [0.3, 0.4) is 0 Å². The second kappa shape index (κ2) is 20.0. The van der Waals surface area contributed by atoms with Crippen LogP contribution in [0.4, 0.5) is 0 Å². The van der Waals surface area contributed by atoms with Crippen molar-refractivity contribution in [2.24, 2.45) is 0 Å². The summed E-state index contributed by atoms with van der Waals surface area (Å²) in [5.74, 6) is 0. The fraction of sp³-hybridized carbons (Fsp3) is 0.792. The van der Waals surface area contributed by atoms with Crippen LogP contribution in [0.2, 0.25) is 0 Å². The molecule has 0 unspecified atom stereocenters. The van der Waals surface area contributed by atoms with Gasteiger partial charge in [-0.15, -0.1) is 0 Å². The average molecular weight is 444 g/mol. The van der Waals surface area contributed by atoms with Gasteiger partial charge in [0.05, 0.1) is 6.61 Å². The second-order valence-corrected chi connectivity index (χ2v) is 9.14. The van der Waals surface area contributed by atoms with Crippen molar-refractivity contribution in [2.45, 2.75) is 117 Å². The first-order valence-corrected chi connectivity index (χ1v) is 13.3. The van der Waals surface area contributed by atoms with Crippen LogP contribution in [0.15, 0.2) is 24.5 Å². The molecule has 0 aliphatic heterocycles. The molecule has 1 aromatic rings. The van der Waals surface area contributed by atoms with Crippen molar-refractivity contribution in [1.82, 2.24) is 0 Å². The van der Waals surface area contributed by atoms with Gasteiger partial charge < -0.3 is 4.55 Å². The van der Waals surface area contributed by atoms with E-state index in [1.807, 2.05) is 0 Å². The van der Waals surface area contributed by atoms with Gasteiger partial charge in [0.1, 0.15) is 6.54 Å². The molecule has 0 N–H and O–H groups in total. The third-order valence-electron chi connectivity index (χ3n) is 5.00. The predicted octanol–water partition coefficient (Wildman–Crippen LogP) is 6.25. The summed E-state index contributed by atoms with van der Waals surface area (Å²) in [4.78, 5) is 0. The number of unbranched alkanes of at least 4 members (excludes halogenated alkanes) is 12. The molecule has 0 aliphatic carbocycles. The molecule has 30 heavy (non-hydrogen) atoms. The van der Waals surface area contributed by atoms with Crippen LogP contribution in [-0.4, -0.2) is 19.6 Å². The molecule has 0 radical (unpaired) electrons. The van der Waals surface area contributed by atoms with E-state index in [0.29, 0.717) is 6.42 Å². The molecule has 176 valence electrons. The maximum Gasteiger partial charge on any atom is 0.217 e. The molecular weight excluding hydrogens is 398 g/mol. The van der Waals surface area contributed by atoms with Crippen LogP contribution < -0.4 is 4.57 Å². The largest absolute Gasteiger partial charge is 0.726 e. The minimum absolute atomic E-state index is 0.0286. The minimum Gasteiger partial charge on any atom is -0.726 e. The van der Waals surface area contributed by atoms with Crippen LogP contribution in [0.1, 0.15) is 109 Å². The zero-order valence-electron chi connectivity index (χ0n) is 19.6. The van der Waals surface area contributed by atoms with Crippen LogP contribution >= 0.6 is 0 Å². The van der Waals surface area contributed by atoms with Gasteiger partial charge in [-0.05, 0) is 25.8 Å². The highest BCUT2D eigenvalue weighted by Gasteiger charge is 1.99. The van der Waals surface area contributed by atoms with Gasteiger partial charge in [0, 0.05) is 18.1 Å². The monoisotopic (exact) mass is 443 g/mol. The number of hydrogen-bond donors (Lipinski definition) is 0. The fourth-order valence-corrected chi connectivity index (χ4v) is 3.59. The summed E-state index contributed by atoms with van der Waals surface area (Å²) >= 11 is 0. The molecule has 6 heteroatoms. The van der Waals surface area contributed by atoms with Crippen molar-refractivity contribution in [3.63, 3.8) is 0 Å². The van der Waals surface area contributed by atoms with Crippen molar-refractivity contribution in [2.75, 3.05) is 6.61 Å². The van der Waals surface area contributed by atoms with E-state index in [1.54, 1.807) is 0 Å². The van der Waals surface area contributed by atoms with E-state index in [-0.39, 0.29) is 6.61 Å². The summed E-state index contributed by atoms with van der Waals surface area (Å²) in [5, 5.41) is 0. The molecule has 0 aromatic carbocycles. The third kappa shape index (κ3) is 21.7. The zero-order chi connectivity index (χ0) is 22.5. The molecular formula is C24H45NO4S. The highest BCUT2D eigenvalue weighted by Crippen LogP contribution is 2.08. The zero-order valence-corrected chi connectivity index (χ0v) is 20.4. The van der Waals surface area contributed by atoms with Gasteiger partial charge in [-0.3, -0.25) is 4.18 Å². The molecule has 1 rings (SSSR count). The molecule has 1 heterocycles. The van der Waals surface area contributed by atoms with E-state index in [9.17, 15) is 13.0 Å². The van der Waals surface area contributed by atoms with Crippen LogP contribution in [-0.2, 0) is 21.1 Å². The van der Waals surface area contributed by atoms with Crippen molar-refractivity contribution in [1.29, 1.82) is 0 Å². The highest BCUT2D eigenvalue weighted by molar-refractivity contribution is 7.80. The van der Waals surface area contributed by atoms with E-state index in [4.69, 9.17) is 0 Å². The number of aryl methyl sites for hydroxylation is 2. The first-order valence-electron chi connectivity index (χ1n) is 11.9. The Balaban J connectivity index is 0.000000561. The topological polar surface area (TPSA) is 70.3 Å². The van der Waals surface area contributed by atoms with E-state index in [1.165, 1.54) is 82.7 Å². The van der Waals surface area contributed by atoms with Gasteiger partial charge >= 0.3 is 0 Å². The van der Waals surface area contributed by atoms with Gasteiger partial charge in [0.25, 0.3) is 0 Å². The summed E-state index contributed by atoms with van der Waals surface area (Å²) in [7, 11) is -4.48. The van der Waals surface area contributed by atoms with Crippen molar-refractivity contribution < 1.29 is 21.7 Å². The maximum absolute atomic E-state index is 10.1. The van der Waals surface area contributed by atoms with E-state index in [0.717, 1.165) is 12.8 Å². The first-order chi connectivity index (χ1) is 14.4. The summed E-state index contributed by atoms with van der Waals surface area (Å²) < 4.78 is 36.6. The molecule has 0 atom stereocenters. The number of pyridine rings is 1. The van der Waals surface area contributed by atoms with Gasteiger partial charge in [0.15, 0.2) is 12.4 Å². The van der Waals surface area contributed by atoms with Crippen molar-refractivity contribution in [3.8, 4) is 0 Å². The summed E-state index contributed by atoms with van der Waals surface area (Å²) in [6, 6.07) is 4.28. The Morgan fingerprint density at radius 2 is 1.33 bits per heavy atom. The number of rotatable bonds is 17. The lowest BCUT2D eigenvalue weighted by molar-refractivity contribution is -0.697. The molecule has 0 spiro atoms. The van der Waals surface area contributed by atoms with Gasteiger partial charge in [-0.2, -0.15) is 0 Å². The lowest BCUT2D eigenvalue weighted by Gasteiger charge is -2.06. The molecule has 0 saturated heterocycles. The Hall–Kier alpha value is -0.980. The molecule has 0 bridgehead atoms. The van der Waals surface area contributed by atoms with Gasteiger partial charge in [0.2, 0.25) is 10.4 Å². The Morgan fingerprint density at radius 1 is 0.833 bits per heavy atom. The lowest BCUT2D eigenvalue weighted by atomic mass is 10.1.